The van der Waals surface area contributed by atoms with Gasteiger partial charge in [-0.15, -0.1) is 0 Å². The summed E-state index contributed by atoms with van der Waals surface area (Å²) in [4.78, 5) is 0. The molecule has 0 radical (unpaired) electrons. The van der Waals surface area contributed by atoms with Gasteiger partial charge in [0.05, 0.1) is 20.3 Å². The maximum atomic E-state index is 5.66. The zero-order valence-corrected chi connectivity index (χ0v) is 14.7. The maximum Gasteiger partial charge on any atom is 0.161 e. The van der Waals surface area contributed by atoms with Crippen molar-refractivity contribution >= 4 is 0 Å². The summed E-state index contributed by atoms with van der Waals surface area (Å²) in [6.07, 6.45) is 0. The van der Waals surface area contributed by atoms with E-state index in [1.54, 1.807) is 7.11 Å². The van der Waals surface area contributed by atoms with Crippen LogP contribution in [0.2, 0.25) is 0 Å². The molecule has 0 amide bonds. The summed E-state index contributed by atoms with van der Waals surface area (Å²) in [6.45, 7) is 6.39. The number of para-hydroxylation sites is 2. The van der Waals surface area contributed by atoms with E-state index >= 15 is 0 Å². The van der Waals surface area contributed by atoms with Crippen molar-refractivity contribution in [2.45, 2.75) is 19.8 Å². The monoisotopic (exact) mass is 330 g/mol. The Morgan fingerprint density at radius 3 is 2.00 bits per heavy atom. The number of hydrogen-bond acceptors (Lipinski definition) is 4. The van der Waals surface area contributed by atoms with Gasteiger partial charge in [0, 0.05) is 0 Å². The highest BCUT2D eigenvalue weighted by Crippen LogP contribution is 2.25. The molecular weight excluding hydrogens is 304 g/mol. The van der Waals surface area contributed by atoms with Gasteiger partial charge in [0.2, 0.25) is 0 Å². The predicted octanol–water partition coefficient (Wildman–Crippen LogP) is 4.29. The van der Waals surface area contributed by atoms with E-state index in [0.29, 0.717) is 32.3 Å². The van der Waals surface area contributed by atoms with Crippen molar-refractivity contribution in [2.75, 3.05) is 33.5 Å². The maximum absolute atomic E-state index is 5.66. The van der Waals surface area contributed by atoms with Crippen LogP contribution in [0.3, 0.4) is 0 Å². The molecule has 4 heteroatoms. The Hall–Kier alpha value is -2.20. The highest BCUT2D eigenvalue weighted by Gasteiger charge is 2.02. The van der Waals surface area contributed by atoms with Crippen LogP contribution in [-0.2, 0) is 4.74 Å². The third-order valence-electron chi connectivity index (χ3n) is 3.60. The zero-order valence-electron chi connectivity index (χ0n) is 14.7. The van der Waals surface area contributed by atoms with E-state index in [0.717, 1.165) is 17.2 Å². The van der Waals surface area contributed by atoms with Crippen molar-refractivity contribution in [3.05, 3.63) is 54.1 Å². The molecule has 0 saturated heterocycles. The molecular formula is C20H26O4. The molecule has 0 saturated carbocycles. The van der Waals surface area contributed by atoms with Crippen molar-refractivity contribution in [3.63, 3.8) is 0 Å². The summed E-state index contributed by atoms with van der Waals surface area (Å²) < 4.78 is 22.0. The molecule has 0 atom stereocenters. The average Bonchev–Trinajstić information content (AvgIpc) is 2.61. The van der Waals surface area contributed by atoms with Crippen LogP contribution in [0.25, 0.3) is 0 Å². The van der Waals surface area contributed by atoms with E-state index in [-0.39, 0.29) is 0 Å². The van der Waals surface area contributed by atoms with Gasteiger partial charge < -0.3 is 18.9 Å². The van der Waals surface area contributed by atoms with Crippen LogP contribution in [0.15, 0.2) is 48.5 Å². The Morgan fingerprint density at radius 1 is 0.750 bits per heavy atom. The Kier molecular flexibility index (Phi) is 7.43. The number of hydrogen-bond donors (Lipinski definition) is 0. The van der Waals surface area contributed by atoms with Crippen LogP contribution in [0.5, 0.6) is 17.2 Å². The fourth-order valence-electron chi connectivity index (χ4n) is 2.22. The average molecular weight is 330 g/mol. The minimum atomic E-state index is 0.476. The lowest BCUT2D eigenvalue weighted by Gasteiger charge is -2.11. The topological polar surface area (TPSA) is 36.9 Å². The number of methoxy groups -OCH3 is 1. The summed E-state index contributed by atoms with van der Waals surface area (Å²) in [5, 5.41) is 0. The van der Waals surface area contributed by atoms with Gasteiger partial charge in [-0.2, -0.15) is 0 Å². The van der Waals surface area contributed by atoms with Crippen LogP contribution >= 0.6 is 0 Å². The van der Waals surface area contributed by atoms with E-state index in [1.165, 1.54) is 5.56 Å². The fourth-order valence-corrected chi connectivity index (χ4v) is 2.22. The van der Waals surface area contributed by atoms with Gasteiger partial charge in [0.25, 0.3) is 0 Å². The Morgan fingerprint density at radius 2 is 1.38 bits per heavy atom. The van der Waals surface area contributed by atoms with Gasteiger partial charge in [-0.1, -0.05) is 38.1 Å². The molecule has 2 aromatic rings. The second kappa shape index (κ2) is 9.83. The quantitative estimate of drug-likeness (QED) is 0.609. The summed E-state index contributed by atoms with van der Waals surface area (Å²) in [5.74, 6) is 2.86. The molecule has 0 aliphatic carbocycles. The molecule has 0 spiro atoms. The Bertz CT molecular complexity index is 593. The molecule has 0 aliphatic rings. The number of rotatable bonds is 10. The first-order chi connectivity index (χ1) is 11.7. The molecule has 0 aromatic heterocycles. The Balaban J connectivity index is 1.58. The van der Waals surface area contributed by atoms with E-state index < -0.39 is 0 Å². The summed E-state index contributed by atoms with van der Waals surface area (Å²) in [5.41, 5.74) is 1.31. The highest BCUT2D eigenvalue weighted by atomic mass is 16.6. The van der Waals surface area contributed by atoms with E-state index in [9.17, 15) is 0 Å². The van der Waals surface area contributed by atoms with E-state index in [1.807, 2.05) is 36.4 Å². The van der Waals surface area contributed by atoms with Crippen LogP contribution < -0.4 is 14.2 Å². The molecule has 24 heavy (non-hydrogen) atoms. The molecule has 4 nitrogen and oxygen atoms in total. The zero-order chi connectivity index (χ0) is 17.2. The minimum absolute atomic E-state index is 0.476. The second-order valence-electron chi connectivity index (χ2n) is 5.68. The van der Waals surface area contributed by atoms with E-state index in [4.69, 9.17) is 18.9 Å². The van der Waals surface area contributed by atoms with Gasteiger partial charge in [0.1, 0.15) is 19.0 Å². The Labute approximate surface area is 144 Å². The smallest absolute Gasteiger partial charge is 0.161 e. The molecule has 2 aromatic carbocycles. The molecule has 0 aliphatic heterocycles. The van der Waals surface area contributed by atoms with Gasteiger partial charge in [0.15, 0.2) is 11.5 Å². The van der Waals surface area contributed by atoms with Crippen molar-refractivity contribution < 1.29 is 18.9 Å². The SMILES string of the molecule is COc1ccccc1OCCOCCOc1ccc(C(C)C)cc1. The lowest BCUT2D eigenvalue weighted by atomic mass is 10.0. The van der Waals surface area contributed by atoms with Gasteiger partial charge in [-0.3, -0.25) is 0 Å². The molecule has 0 unspecified atom stereocenters. The third kappa shape index (κ3) is 5.78. The van der Waals surface area contributed by atoms with Crippen LogP contribution in [-0.4, -0.2) is 33.5 Å². The predicted molar refractivity (Wildman–Crippen MR) is 95.3 cm³/mol. The van der Waals surface area contributed by atoms with Gasteiger partial charge in [-0.05, 0) is 35.7 Å². The first-order valence-electron chi connectivity index (χ1n) is 8.27. The molecule has 2 rings (SSSR count). The van der Waals surface area contributed by atoms with Crippen molar-refractivity contribution in [3.8, 4) is 17.2 Å². The normalized spacial score (nSPS) is 10.7. The molecule has 0 fully saturated rings. The fraction of sp³-hybridized carbons (Fsp3) is 0.400. The second-order valence-corrected chi connectivity index (χ2v) is 5.68. The third-order valence-corrected chi connectivity index (χ3v) is 3.60. The summed E-state index contributed by atoms with van der Waals surface area (Å²) in [6, 6.07) is 15.8. The molecule has 0 heterocycles. The van der Waals surface area contributed by atoms with Crippen LogP contribution in [0, 0.1) is 0 Å². The van der Waals surface area contributed by atoms with Crippen molar-refractivity contribution in [2.24, 2.45) is 0 Å². The molecule has 0 N–H and O–H groups in total. The first kappa shape index (κ1) is 18.1. The summed E-state index contributed by atoms with van der Waals surface area (Å²) >= 11 is 0. The van der Waals surface area contributed by atoms with Crippen molar-refractivity contribution in [1.29, 1.82) is 0 Å². The highest BCUT2D eigenvalue weighted by molar-refractivity contribution is 5.39. The summed E-state index contributed by atoms with van der Waals surface area (Å²) in [7, 11) is 1.63. The molecule has 0 bridgehead atoms. The van der Waals surface area contributed by atoms with Crippen LogP contribution in [0.1, 0.15) is 25.3 Å². The van der Waals surface area contributed by atoms with Gasteiger partial charge >= 0.3 is 0 Å². The van der Waals surface area contributed by atoms with Crippen molar-refractivity contribution in [1.82, 2.24) is 0 Å². The standard InChI is InChI=1S/C20H26O4/c1-16(2)17-8-10-18(11-9-17)23-14-12-22-13-15-24-20-7-5-4-6-19(20)21-3/h4-11,16H,12-15H2,1-3H3. The van der Waals surface area contributed by atoms with E-state index in [2.05, 4.69) is 26.0 Å². The number of ether oxygens (including phenoxy) is 4. The molecule has 130 valence electrons. The van der Waals surface area contributed by atoms with Gasteiger partial charge in [-0.25, -0.2) is 0 Å². The largest absolute Gasteiger partial charge is 0.493 e. The van der Waals surface area contributed by atoms with Crippen LogP contribution in [0.4, 0.5) is 0 Å². The minimum Gasteiger partial charge on any atom is -0.493 e. The lowest BCUT2D eigenvalue weighted by molar-refractivity contribution is 0.0757. The first-order valence-corrected chi connectivity index (χ1v) is 8.27. The number of benzene rings is 2. The lowest BCUT2D eigenvalue weighted by Crippen LogP contribution is -2.12.